The van der Waals surface area contributed by atoms with Gasteiger partial charge in [0.05, 0.1) is 11.1 Å². The molecule has 8 nitrogen and oxygen atoms in total. The van der Waals surface area contributed by atoms with Gasteiger partial charge in [-0.3, -0.25) is 9.59 Å². The van der Waals surface area contributed by atoms with Crippen molar-refractivity contribution in [1.82, 2.24) is 0 Å². The van der Waals surface area contributed by atoms with E-state index >= 15 is 0 Å². The molecule has 1 unspecified atom stereocenters. The summed E-state index contributed by atoms with van der Waals surface area (Å²) >= 11 is 0. The Labute approximate surface area is 164 Å². The number of carbonyl (C=O) groups excluding carboxylic acids is 5. The predicted octanol–water partition coefficient (Wildman–Crippen LogP) is 2.53. The van der Waals surface area contributed by atoms with E-state index in [1.165, 1.54) is 36.4 Å². The number of hydrogen-bond acceptors (Lipinski definition) is 8. The summed E-state index contributed by atoms with van der Waals surface area (Å²) < 4.78 is 15.2. The topological polar surface area (TPSA) is 113 Å². The Kier molecular flexibility index (Phi) is 4.46. The van der Waals surface area contributed by atoms with Crippen molar-refractivity contribution in [2.75, 3.05) is 0 Å². The van der Waals surface area contributed by atoms with Crippen LogP contribution in [0.25, 0.3) is 0 Å². The molecule has 6 bridgehead atoms. The SMILES string of the molecule is CCCC(=O)Oc1c2cccc1C1C(=O)OC(=O)c3ccc1cc3C(=O)OC2=O. The Morgan fingerprint density at radius 3 is 2.41 bits per heavy atom. The number of fused-ring (bicyclic) bond motifs is 5. The van der Waals surface area contributed by atoms with Crippen molar-refractivity contribution < 1.29 is 38.2 Å². The zero-order valence-corrected chi connectivity index (χ0v) is 15.2. The van der Waals surface area contributed by atoms with Crippen molar-refractivity contribution in [3.05, 3.63) is 64.2 Å². The molecule has 0 fully saturated rings. The van der Waals surface area contributed by atoms with Gasteiger partial charge in [-0.15, -0.1) is 0 Å². The van der Waals surface area contributed by atoms with Gasteiger partial charge in [0.25, 0.3) is 0 Å². The summed E-state index contributed by atoms with van der Waals surface area (Å²) in [5.41, 5.74) is -0.0731. The summed E-state index contributed by atoms with van der Waals surface area (Å²) in [6.45, 7) is 1.78. The molecule has 0 radical (unpaired) electrons. The molecule has 3 heterocycles. The Morgan fingerprint density at radius 2 is 1.66 bits per heavy atom. The van der Waals surface area contributed by atoms with Gasteiger partial charge in [0.15, 0.2) is 0 Å². The molecule has 1 atom stereocenters. The van der Waals surface area contributed by atoms with Gasteiger partial charge < -0.3 is 14.2 Å². The van der Waals surface area contributed by atoms with Gasteiger partial charge in [0.2, 0.25) is 0 Å². The second-order valence-electron chi connectivity index (χ2n) is 6.57. The van der Waals surface area contributed by atoms with Crippen LogP contribution in [0.15, 0.2) is 36.4 Å². The highest BCUT2D eigenvalue weighted by atomic mass is 16.6. The van der Waals surface area contributed by atoms with Crippen LogP contribution in [0.4, 0.5) is 0 Å². The van der Waals surface area contributed by atoms with Crippen LogP contribution in [-0.2, 0) is 19.1 Å². The average molecular weight is 394 g/mol. The predicted molar refractivity (Wildman–Crippen MR) is 95.4 cm³/mol. The number of cyclic esters (lactones) is 2. The average Bonchev–Trinajstić information content (AvgIpc) is 2.67. The molecule has 2 aromatic carbocycles. The zero-order valence-electron chi connectivity index (χ0n) is 15.2. The molecule has 0 amide bonds. The number of ether oxygens (including phenoxy) is 3. The lowest BCUT2D eigenvalue weighted by Gasteiger charge is -2.24. The Hall–Kier alpha value is -3.81. The first kappa shape index (κ1) is 18.5. The van der Waals surface area contributed by atoms with Crippen LogP contribution in [0.2, 0.25) is 0 Å². The molecule has 0 aliphatic carbocycles. The fraction of sp³-hybridized carbons (Fsp3) is 0.190. The number of carbonyl (C=O) groups is 5. The van der Waals surface area contributed by atoms with E-state index in [1.54, 1.807) is 6.92 Å². The van der Waals surface area contributed by atoms with E-state index in [0.717, 1.165) is 0 Å². The molecule has 0 spiro atoms. The van der Waals surface area contributed by atoms with Crippen LogP contribution in [0, 0.1) is 0 Å². The third-order valence-electron chi connectivity index (χ3n) is 4.68. The molecule has 2 aromatic rings. The van der Waals surface area contributed by atoms with Gasteiger partial charge in [-0.2, -0.15) is 0 Å². The van der Waals surface area contributed by atoms with Crippen LogP contribution < -0.4 is 4.74 Å². The van der Waals surface area contributed by atoms with Crippen LogP contribution in [-0.4, -0.2) is 29.8 Å². The van der Waals surface area contributed by atoms with E-state index in [1.807, 2.05) is 0 Å². The minimum Gasteiger partial charge on any atom is -0.425 e. The maximum Gasteiger partial charge on any atom is 0.349 e. The third-order valence-corrected chi connectivity index (χ3v) is 4.68. The first-order chi connectivity index (χ1) is 13.9. The van der Waals surface area contributed by atoms with E-state index in [9.17, 15) is 24.0 Å². The normalized spacial score (nSPS) is 17.3. The standard InChI is InChI=1S/C21H14O8/c1-2-4-15(22)27-17-12-5-3-6-13(17)19(24)28-20(25)14-9-10-7-8-11(14)18(23)29-21(26)16(10)12/h3,5-9,16H,2,4H2,1H3. The molecule has 0 saturated heterocycles. The maximum atomic E-state index is 12.7. The highest BCUT2D eigenvalue weighted by Gasteiger charge is 2.38. The van der Waals surface area contributed by atoms with Gasteiger partial charge in [0.1, 0.15) is 17.2 Å². The highest BCUT2D eigenvalue weighted by molar-refractivity contribution is 6.12. The van der Waals surface area contributed by atoms with Crippen LogP contribution in [0.5, 0.6) is 5.75 Å². The lowest BCUT2D eigenvalue weighted by molar-refractivity contribution is -0.139. The van der Waals surface area contributed by atoms with Crippen molar-refractivity contribution >= 4 is 29.8 Å². The molecule has 3 aliphatic heterocycles. The van der Waals surface area contributed by atoms with Crippen molar-refractivity contribution in [2.45, 2.75) is 25.7 Å². The lowest BCUT2D eigenvalue weighted by atomic mass is 9.86. The molecule has 5 rings (SSSR count). The van der Waals surface area contributed by atoms with E-state index in [2.05, 4.69) is 0 Å². The van der Waals surface area contributed by atoms with Crippen molar-refractivity contribution in [3.63, 3.8) is 0 Å². The molecule has 29 heavy (non-hydrogen) atoms. The Balaban J connectivity index is 2.01. The molecule has 3 aliphatic rings. The fourth-order valence-corrected chi connectivity index (χ4v) is 3.36. The van der Waals surface area contributed by atoms with Crippen molar-refractivity contribution in [1.29, 1.82) is 0 Å². The summed E-state index contributed by atoms with van der Waals surface area (Å²) in [7, 11) is 0. The van der Waals surface area contributed by atoms with Crippen LogP contribution in [0.3, 0.4) is 0 Å². The van der Waals surface area contributed by atoms with Gasteiger partial charge >= 0.3 is 29.8 Å². The zero-order chi connectivity index (χ0) is 20.7. The first-order valence-electron chi connectivity index (χ1n) is 8.90. The third kappa shape index (κ3) is 3.08. The highest BCUT2D eigenvalue weighted by Crippen LogP contribution is 2.39. The number of hydrogen-bond donors (Lipinski definition) is 0. The summed E-state index contributed by atoms with van der Waals surface area (Å²) in [6, 6.07) is 8.40. The molecule has 0 N–H and O–H groups in total. The Morgan fingerprint density at radius 1 is 0.931 bits per heavy atom. The van der Waals surface area contributed by atoms with Gasteiger partial charge in [-0.25, -0.2) is 14.4 Å². The molecular formula is C21H14O8. The van der Waals surface area contributed by atoms with Gasteiger partial charge in [0, 0.05) is 12.0 Å². The van der Waals surface area contributed by atoms with E-state index in [4.69, 9.17) is 14.2 Å². The van der Waals surface area contributed by atoms with E-state index in [0.29, 0.717) is 12.0 Å². The number of esters is 5. The number of rotatable bonds is 3. The van der Waals surface area contributed by atoms with Gasteiger partial charge in [-0.05, 0) is 30.2 Å². The fourth-order valence-electron chi connectivity index (χ4n) is 3.36. The smallest absolute Gasteiger partial charge is 0.349 e. The molecule has 0 aromatic heterocycles. The molecule has 0 saturated carbocycles. The van der Waals surface area contributed by atoms with E-state index in [-0.39, 0.29) is 34.4 Å². The largest absolute Gasteiger partial charge is 0.425 e. The van der Waals surface area contributed by atoms with E-state index < -0.39 is 35.8 Å². The summed E-state index contributed by atoms with van der Waals surface area (Å²) in [5.74, 6) is -6.09. The number of para-hydroxylation sites is 1. The maximum absolute atomic E-state index is 12.7. The molecule has 146 valence electrons. The first-order valence-corrected chi connectivity index (χ1v) is 8.90. The Bertz CT molecular complexity index is 1100. The summed E-state index contributed by atoms with van der Waals surface area (Å²) in [4.78, 5) is 62.4. The minimum atomic E-state index is -1.19. The van der Waals surface area contributed by atoms with Crippen LogP contribution >= 0.6 is 0 Å². The number of benzene rings is 2. The minimum absolute atomic E-state index is 0.0776. The van der Waals surface area contributed by atoms with Crippen molar-refractivity contribution in [3.8, 4) is 5.75 Å². The van der Waals surface area contributed by atoms with Crippen LogP contribution in [0.1, 0.15) is 67.9 Å². The molecular weight excluding hydrogens is 380 g/mol. The summed E-state index contributed by atoms with van der Waals surface area (Å²) in [5, 5.41) is 0. The second kappa shape index (κ2) is 6.97. The van der Waals surface area contributed by atoms with Crippen molar-refractivity contribution in [2.24, 2.45) is 0 Å². The lowest BCUT2D eigenvalue weighted by Crippen LogP contribution is -2.29. The second-order valence-corrected chi connectivity index (χ2v) is 6.57. The molecule has 8 heteroatoms. The quantitative estimate of drug-likeness (QED) is 0.443. The monoisotopic (exact) mass is 394 g/mol. The summed E-state index contributed by atoms with van der Waals surface area (Å²) in [6.07, 6.45) is 0.582. The van der Waals surface area contributed by atoms with Gasteiger partial charge in [-0.1, -0.05) is 25.1 Å².